The first kappa shape index (κ1) is 20.9. The van der Waals surface area contributed by atoms with Crippen molar-refractivity contribution in [2.75, 3.05) is 51.3 Å². The normalized spacial score (nSPS) is 14.1. The number of aromatic nitrogens is 2. The van der Waals surface area contributed by atoms with Crippen LogP contribution in [0, 0.1) is 0 Å². The standard InChI is InChI=1S/C23H27N5O3/c1-31-16-11-24-23(30)27-14-12-26(13-15-27)21-22(29)28(17-18-7-3-2-4-8-18)20-10-6-5-9-19(20)25-21/h2-10H,11-17H2,1H3,(H,24,30). The van der Waals surface area contributed by atoms with Gasteiger partial charge in [0.05, 0.1) is 24.2 Å². The van der Waals surface area contributed by atoms with Crippen LogP contribution >= 0.6 is 0 Å². The first-order valence-electron chi connectivity index (χ1n) is 10.5. The number of methoxy groups -OCH3 is 1. The van der Waals surface area contributed by atoms with Gasteiger partial charge in [0.1, 0.15) is 0 Å². The Hall–Kier alpha value is -3.39. The molecule has 8 nitrogen and oxygen atoms in total. The molecule has 1 aromatic heterocycles. The van der Waals surface area contributed by atoms with Gasteiger partial charge in [-0.15, -0.1) is 0 Å². The number of fused-ring (bicyclic) bond motifs is 1. The van der Waals surface area contributed by atoms with E-state index in [2.05, 4.69) is 10.3 Å². The van der Waals surface area contributed by atoms with Crippen molar-refractivity contribution in [3.8, 4) is 0 Å². The lowest BCUT2D eigenvalue weighted by Gasteiger charge is -2.35. The second kappa shape index (κ2) is 9.61. The van der Waals surface area contributed by atoms with Crippen molar-refractivity contribution in [2.24, 2.45) is 0 Å². The molecule has 0 atom stereocenters. The highest BCUT2D eigenvalue weighted by Gasteiger charge is 2.24. The van der Waals surface area contributed by atoms with Crippen molar-refractivity contribution in [1.82, 2.24) is 19.8 Å². The van der Waals surface area contributed by atoms with Gasteiger partial charge in [0.2, 0.25) is 0 Å². The molecule has 1 aliphatic rings. The maximum absolute atomic E-state index is 13.4. The molecule has 2 aromatic carbocycles. The molecule has 4 rings (SSSR count). The number of ether oxygens (including phenoxy) is 1. The van der Waals surface area contributed by atoms with Crippen LogP contribution in [-0.4, -0.2) is 66.9 Å². The summed E-state index contributed by atoms with van der Waals surface area (Å²) >= 11 is 0. The Morgan fingerprint density at radius 3 is 2.48 bits per heavy atom. The zero-order valence-electron chi connectivity index (χ0n) is 17.7. The van der Waals surface area contributed by atoms with Crippen molar-refractivity contribution in [3.05, 3.63) is 70.5 Å². The number of nitrogens with zero attached hydrogens (tertiary/aromatic N) is 4. The van der Waals surface area contributed by atoms with Crippen molar-refractivity contribution in [1.29, 1.82) is 0 Å². The van der Waals surface area contributed by atoms with E-state index >= 15 is 0 Å². The first-order valence-corrected chi connectivity index (χ1v) is 10.5. The predicted octanol–water partition coefficient (Wildman–Crippen LogP) is 1.92. The van der Waals surface area contributed by atoms with E-state index < -0.39 is 0 Å². The van der Waals surface area contributed by atoms with Gasteiger partial charge >= 0.3 is 6.03 Å². The summed E-state index contributed by atoms with van der Waals surface area (Å²) in [6.07, 6.45) is 0. The number of urea groups is 1. The van der Waals surface area contributed by atoms with Crippen LogP contribution in [0.1, 0.15) is 5.56 Å². The third kappa shape index (κ3) is 4.69. The molecule has 0 saturated carbocycles. The Labute approximate surface area is 181 Å². The van der Waals surface area contributed by atoms with Gasteiger partial charge in [0.15, 0.2) is 5.82 Å². The van der Waals surface area contributed by atoms with Gasteiger partial charge in [-0.2, -0.15) is 0 Å². The fourth-order valence-corrected chi connectivity index (χ4v) is 3.80. The smallest absolute Gasteiger partial charge is 0.317 e. The molecule has 0 radical (unpaired) electrons. The molecule has 0 spiro atoms. The van der Waals surface area contributed by atoms with E-state index in [-0.39, 0.29) is 11.6 Å². The molecule has 0 bridgehead atoms. The van der Waals surface area contributed by atoms with Gasteiger partial charge in [-0.25, -0.2) is 9.78 Å². The minimum Gasteiger partial charge on any atom is -0.383 e. The third-order valence-electron chi connectivity index (χ3n) is 5.47. The van der Waals surface area contributed by atoms with Gasteiger partial charge in [-0.3, -0.25) is 9.36 Å². The molecule has 1 N–H and O–H groups in total. The zero-order chi connectivity index (χ0) is 21.6. The highest BCUT2D eigenvalue weighted by Crippen LogP contribution is 2.17. The van der Waals surface area contributed by atoms with Crippen LogP contribution in [-0.2, 0) is 11.3 Å². The zero-order valence-corrected chi connectivity index (χ0v) is 17.7. The molecular weight excluding hydrogens is 394 g/mol. The number of rotatable bonds is 6. The van der Waals surface area contributed by atoms with E-state index in [0.717, 1.165) is 16.6 Å². The summed E-state index contributed by atoms with van der Waals surface area (Å²) in [5, 5.41) is 2.84. The maximum Gasteiger partial charge on any atom is 0.317 e. The minimum absolute atomic E-state index is 0.107. The van der Waals surface area contributed by atoms with E-state index in [9.17, 15) is 9.59 Å². The van der Waals surface area contributed by atoms with E-state index in [1.807, 2.05) is 59.5 Å². The average molecular weight is 422 g/mol. The third-order valence-corrected chi connectivity index (χ3v) is 5.47. The number of hydrogen-bond acceptors (Lipinski definition) is 5. The summed E-state index contributed by atoms with van der Waals surface area (Å²) in [5.74, 6) is 0.439. The molecule has 8 heteroatoms. The summed E-state index contributed by atoms with van der Waals surface area (Å²) in [6, 6.07) is 17.5. The average Bonchev–Trinajstić information content (AvgIpc) is 2.81. The molecule has 0 unspecified atom stereocenters. The monoisotopic (exact) mass is 421 g/mol. The number of nitrogens with one attached hydrogen (secondary N) is 1. The second-order valence-electron chi connectivity index (χ2n) is 7.50. The predicted molar refractivity (Wildman–Crippen MR) is 121 cm³/mol. The number of carbonyl (C=O) groups excluding carboxylic acids is 1. The Morgan fingerprint density at radius 1 is 1.03 bits per heavy atom. The van der Waals surface area contributed by atoms with E-state index in [0.29, 0.717) is 51.7 Å². The number of carbonyl (C=O) groups is 1. The van der Waals surface area contributed by atoms with Crippen LogP contribution in [0.5, 0.6) is 0 Å². The SMILES string of the molecule is COCCNC(=O)N1CCN(c2nc3ccccc3n(Cc3ccccc3)c2=O)CC1. The minimum atomic E-state index is -0.111. The molecule has 1 aliphatic heterocycles. The quantitative estimate of drug-likeness (QED) is 0.615. The largest absolute Gasteiger partial charge is 0.383 e. The van der Waals surface area contributed by atoms with Crippen molar-refractivity contribution < 1.29 is 9.53 Å². The molecule has 3 aromatic rings. The molecule has 2 heterocycles. The van der Waals surface area contributed by atoms with Crippen molar-refractivity contribution in [3.63, 3.8) is 0 Å². The van der Waals surface area contributed by atoms with Gasteiger partial charge in [0.25, 0.3) is 5.56 Å². The number of piperazine rings is 1. The summed E-state index contributed by atoms with van der Waals surface area (Å²) in [4.78, 5) is 34.1. The highest BCUT2D eigenvalue weighted by molar-refractivity contribution is 5.77. The summed E-state index contributed by atoms with van der Waals surface area (Å²) in [5.41, 5.74) is 2.55. The topological polar surface area (TPSA) is 79.7 Å². The molecule has 0 aliphatic carbocycles. The number of anilines is 1. The lowest BCUT2D eigenvalue weighted by Crippen LogP contribution is -2.53. The number of para-hydroxylation sites is 2. The van der Waals surface area contributed by atoms with E-state index in [4.69, 9.17) is 4.74 Å². The first-order chi connectivity index (χ1) is 15.2. The van der Waals surface area contributed by atoms with E-state index in [1.165, 1.54) is 0 Å². The summed E-state index contributed by atoms with van der Waals surface area (Å²) in [6.45, 7) is 3.63. The Morgan fingerprint density at radius 2 is 1.74 bits per heavy atom. The molecule has 1 fully saturated rings. The Bertz CT molecular complexity index is 1090. The Kier molecular flexibility index (Phi) is 6.47. The molecule has 1 saturated heterocycles. The second-order valence-corrected chi connectivity index (χ2v) is 7.50. The van der Waals surface area contributed by atoms with Gasteiger partial charge < -0.3 is 19.9 Å². The van der Waals surface area contributed by atoms with Crippen molar-refractivity contribution in [2.45, 2.75) is 6.54 Å². The Balaban J connectivity index is 1.57. The van der Waals surface area contributed by atoms with Gasteiger partial charge in [-0.1, -0.05) is 42.5 Å². The van der Waals surface area contributed by atoms with Crippen LogP contribution in [0.2, 0.25) is 0 Å². The van der Waals surface area contributed by atoms with Crippen LogP contribution in [0.15, 0.2) is 59.4 Å². The maximum atomic E-state index is 13.4. The van der Waals surface area contributed by atoms with Crippen LogP contribution in [0.4, 0.5) is 10.6 Å². The molecule has 2 amide bonds. The van der Waals surface area contributed by atoms with Crippen LogP contribution in [0.3, 0.4) is 0 Å². The molecular formula is C23H27N5O3. The van der Waals surface area contributed by atoms with Crippen molar-refractivity contribution >= 4 is 22.9 Å². The number of benzene rings is 2. The summed E-state index contributed by atoms with van der Waals surface area (Å²) < 4.78 is 6.76. The molecule has 31 heavy (non-hydrogen) atoms. The number of hydrogen-bond donors (Lipinski definition) is 1. The molecule has 162 valence electrons. The van der Waals surface area contributed by atoms with Crippen LogP contribution in [0.25, 0.3) is 11.0 Å². The van der Waals surface area contributed by atoms with Crippen LogP contribution < -0.4 is 15.8 Å². The lowest BCUT2D eigenvalue weighted by molar-refractivity contribution is 0.177. The van der Waals surface area contributed by atoms with E-state index in [1.54, 1.807) is 16.6 Å². The van der Waals surface area contributed by atoms with Gasteiger partial charge in [-0.05, 0) is 17.7 Å². The highest BCUT2D eigenvalue weighted by atomic mass is 16.5. The van der Waals surface area contributed by atoms with Gasteiger partial charge in [0, 0.05) is 39.8 Å². The fourth-order valence-electron chi connectivity index (χ4n) is 3.80. The summed E-state index contributed by atoms with van der Waals surface area (Å²) in [7, 11) is 1.60. The lowest BCUT2D eigenvalue weighted by atomic mass is 10.2. The number of amides is 2. The fraction of sp³-hybridized carbons (Fsp3) is 0.348.